The van der Waals surface area contributed by atoms with E-state index in [-0.39, 0.29) is 18.4 Å². The van der Waals surface area contributed by atoms with Crippen molar-refractivity contribution in [2.75, 3.05) is 16.8 Å². The van der Waals surface area contributed by atoms with Crippen LogP contribution in [0.4, 0.5) is 16.2 Å². The summed E-state index contributed by atoms with van der Waals surface area (Å²) in [6, 6.07) is 6.99. The monoisotopic (exact) mass is 248 g/mol. The summed E-state index contributed by atoms with van der Waals surface area (Å²) in [7, 11) is 0. The molecule has 0 aromatic heterocycles. The molecule has 1 aromatic carbocycles. The molecule has 1 heterocycles. The number of ether oxygens (including phenoxy) is 1. The molecule has 2 amide bonds. The van der Waals surface area contributed by atoms with Crippen molar-refractivity contribution < 1.29 is 14.3 Å². The van der Waals surface area contributed by atoms with Gasteiger partial charge in [0, 0.05) is 12.5 Å². The highest BCUT2D eigenvalue weighted by Gasteiger charge is 2.30. The van der Waals surface area contributed by atoms with Crippen LogP contribution >= 0.6 is 0 Å². The maximum atomic E-state index is 12.0. The van der Waals surface area contributed by atoms with Crippen molar-refractivity contribution in [3.63, 3.8) is 0 Å². The van der Waals surface area contributed by atoms with Crippen molar-refractivity contribution in [3.05, 3.63) is 24.3 Å². The molecule has 96 valence electrons. The Bertz CT molecular complexity index is 473. The number of nitrogens with zero attached hydrogens (tertiary/aromatic N) is 1. The van der Waals surface area contributed by atoms with E-state index in [1.807, 2.05) is 19.1 Å². The van der Waals surface area contributed by atoms with E-state index in [9.17, 15) is 9.59 Å². The molecule has 1 N–H and O–H groups in total. The Morgan fingerprint density at radius 1 is 1.50 bits per heavy atom. The summed E-state index contributed by atoms with van der Waals surface area (Å²) >= 11 is 0. The molecular weight excluding hydrogens is 232 g/mol. The van der Waals surface area contributed by atoms with Crippen LogP contribution < -0.4 is 10.2 Å². The van der Waals surface area contributed by atoms with Crippen LogP contribution in [0.2, 0.25) is 0 Å². The fourth-order valence-corrected chi connectivity index (χ4v) is 2.06. The fourth-order valence-electron chi connectivity index (χ4n) is 2.06. The topological polar surface area (TPSA) is 58.6 Å². The Kier molecular flexibility index (Phi) is 3.50. The lowest BCUT2D eigenvalue weighted by Crippen LogP contribution is -2.39. The molecule has 1 aliphatic rings. The molecule has 0 aliphatic carbocycles. The molecule has 0 saturated carbocycles. The van der Waals surface area contributed by atoms with Gasteiger partial charge in [0.1, 0.15) is 0 Å². The van der Waals surface area contributed by atoms with Crippen molar-refractivity contribution in [2.24, 2.45) is 0 Å². The summed E-state index contributed by atoms with van der Waals surface area (Å²) < 4.78 is 5.05. The van der Waals surface area contributed by atoms with Crippen molar-refractivity contribution in [3.8, 4) is 0 Å². The number of carbonyl (C=O) groups is 2. The minimum absolute atomic E-state index is 0.0956. The van der Waals surface area contributed by atoms with Crippen LogP contribution in [0, 0.1) is 0 Å². The van der Waals surface area contributed by atoms with Gasteiger partial charge in [-0.2, -0.15) is 0 Å². The first-order valence-corrected chi connectivity index (χ1v) is 5.98. The Morgan fingerprint density at radius 3 is 2.94 bits per heavy atom. The number of fused-ring (bicyclic) bond motifs is 1. The molecule has 0 bridgehead atoms. The van der Waals surface area contributed by atoms with E-state index >= 15 is 0 Å². The van der Waals surface area contributed by atoms with Gasteiger partial charge in [-0.05, 0) is 26.0 Å². The zero-order chi connectivity index (χ0) is 13.1. The van der Waals surface area contributed by atoms with Crippen LogP contribution in [-0.4, -0.2) is 24.6 Å². The third-order valence-electron chi connectivity index (χ3n) is 2.82. The number of carbonyl (C=O) groups excluding carboxylic acids is 2. The summed E-state index contributed by atoms with van der Waals surface area (Å²) in [6.07, 6.45) is -0.165. The zero-order valence-corrected chi connectivity index (χ0v) is 10.5. The SMILES string of the molecule is CCOC(=O)N1c2ccccc2NC(=O)C[C@H]1C. The minimum Gasteiger partial charge on any atom is -0.449 e. The van der Waals surface area contributed by atoms with Crippen molar-refractivity contribution in [1.82, 2.24) is 0 Å². The third-order valence-corrected chi connectivity index (χ3v) is 2.82. The average molecular weight is 248 g/mol. The zero-order valence-electron chi connectivity index (χ0n) is 10.5. The van der Waals surface area contributed by atoms with Crippen LogP contribution in [0.5, 0.6) is 0 Å². The molecule has 2 rings (SSSR count). The van der Waals surface area contributed by atoms with Crippen LogP contribution in [-0.2, 0) is 9.53 Å². The number of hydrogen-bond donors (Lipinski definition) is 1. The predicted octanol–water partition coefficient (Wildman–Crippen LogP) is 2.38. The Hall–Kier alpha value is -2.04. The maximum absolute atomic E-state index is 12.0. The molecule has 0 saturated heterocycles. The lowest BCUT2D eigenvalue weighted by atomic mass is 10.2. The summed E-state index contributed by atoms with van der Waals surface area (Å²) in [4.78, 5) is 25.2. The van der Waals surface area contributed by atoms with Crippen molar-refractivity contribution in [2.45, 2.75) is 26.3 Å². The fraction of sp³-hybridized carbons (Fsp3) is 0.385. The highest BCUT2D eigenvalue weighted by Crippen LogP contribution is 2.31. The second-order valence-corrected chi connectivity index (χ2v) is 4.19. The van der Waals surface area contributed by atoms with Crippen LogP contribution in [0.3, 0.4) is 0 Å². The van der Waals surface area contributed by atoms with Gasteiger partial charge in [-0.25, -0.2) is 4.79 Å². The molecule has 0 spiro atoms. The number of amides is 2. The van der Waals surface area contributed by atoms with Crippen molar-refractivity contribution >= 4 is 23.4 Å². The first kappa shape index (κ1) is 12.4. The normalized spacial score (nSPS) is 18.7. The highest BCUT2D eigenvalue weighted by atomic mass is 16.6. The van der Waals surface area contributed by atoms with E-state index in [2.05, 4.69) is 5.32 Å². The summed E-state index contributed by atoms with van der Waals surface area (Å²) in [6.45, 7) is 3.90. The standard InChI is InChI=1S/C13H16N2O3/c1-3-18-13(17)15-9(2)8-12(16)14-10-6-4-5-7-11(10)15/h4-7,9H,3,8H2,1-2H3,(H,14,16)/t9-/m1/s1. The summed E-state index contributed by atoms with van der Waals surface area (Å²) in [5, 5.41) is 2.79. The molecule has 0 fully saturated rings. The molecule has 1 atom stereocenters. The Balaban J connectivity index is 2.43. The smallest absolute Gasteiger partial charge is 0.414 e. The second kappa shape index (κ2) is 5.08. The molecule has 1 aromatic rings. The summed E-state index contributed by atoms with van der Waals surface area (Å²) in [5.74, 6) is -0.0956. The average Bonchev–Trinajstić information content (AvgIpc) is 2.43. The molecule has 1 aliphatic heterocycles. The van der Waals surface area contributed by atoms with Gasteiger partial charge >= 0.3 is 6.09 Å². The molecule has 0 unspecified atom stereocenters. The van der Waals surface area contributed by atoms with Gasteiger partial charge in [0.25, 0.3) is 0 Å². The quantitative estimate of drug-likeness (QED) is 0.830. The van der Waals surface area contributed by atoms with Crippen LogP contribution in [0.15, 0.2) is 24.3 Å². The van der Waals surface area contributed by atoms with E-state index in [0.29, 0.717) is 18.0 Å². The van der Waals surface area contributed by atoms with Crippen molar-refractivity contribution in [1.29, 1.82) is 0 Å². The van der Waals surface area contributed by atoms with Gasteiger partial charge in [0.15, 0.2) is 0 Å². The Labute approximate surface area is 106 Å². The molecule has 5 nitrogen and oxygen atoms in total. The number of benzene rings is 1. The molecular formula is C13H16N2O3. The number of para-hydroxylation sites is 2. The minimum atomic E-state index is -0.422. The molecule has 18 heavy (non-hydrogen) atoms. The summed E-state index contributed by atoms with van der Waals surface area (Å²) in [5.41, 5.74) is 1.31. The van der Waals surface area contributed by atoms with Crippen LogP contribution in [0.1, 0.15) is 20.3 Å². The lowest BCUT2D eigenvalue weighted by Gasteiger charge is -2.26. The van der Waals surface area contributed by atoms with E-state index < -0.39 is 6.09 Å². The van der Waals surface area contributed by atoms with Gasteiger partial charge in [-0.3, -0.25) is 9.69 Å². The first-order chi connectivity index (χ1) is 8.63. The van der Waals surface area contributed by atoms with Gasteiger partial charge in [-0.1, -0.05) is 12.1 Å². The largest absolute Gasteiger partial charge is 0.449 e. The predicted molar refractivity (Wildman–Crippen MR) is 68.7 cm³/mol. The molecule has 5 heteroatoms. The van der Waals surface area contributed by atoms with E-state index in [0.717, 1.165) is 0 Å². The van der Waals surface area contributed by atoms with Gasteiger partial charge in [0.2, 0.25) is 5.91 Å². The number of anilines is 2. The highest BCUT2D eigenvalue weighted by molar-refractivity contribution is 6.02. The number of nitrogens with one attached hydrogen (secondary N) is 1. The number of rotatable bonds is 1. The maximum Gasteiger partial charge on any atom is 0.414 e. The van der Waals surface area contributed by atoms with Crippen LogP contribution in [0.25, 0.3) is 0 Å². The van der Waals surface area contributed by atoms with Gasteiger partial charge < -0.3 is 10.1 Å². The molecule has 0 radical (unpaired) electrons. The van der Waals surface area contributed by atoms with Gasteiger partial charge in [-0.15, -0.1) is 0 Å². The lowest BCUT2D eigenvalue weighted by molar-refractivity contribution is -0.116. The second-order valence-electron chi connectivity index (χ2n) is 4.19. The van der Waals surface area contributed by atoms with E-state index in [1.165, 1.54) is 4.90 Å². The first-order valence-electron chi connectivity index (χ1n) is 5.98. The third kappa shape index (κ3) is 2.30. The number of hydrogen-bond acceptors (Lipinski definition) is 3. The van der Waals surface area contributed by atoms with E-state index in [4.69, 9.17) is 4.74 Å². The Morgan fingerprint density at radius 2 is 2.22 bits per heavy atom. The van der Waals surface area contributed by atoms with Gasteiger partial charge in [0.05, 0.1) is 18.0 Å². The van der Waals surface area contributed by atoms with E-state index in [1.54, 1.807) is 19.1 Å².